The quantitative estimate of drug-likeness (QED) is 0.257. The Kier molecular flexibility index (Phi) is 16.2. The number of hydrogen-bond donors (Lipinski definition) is 2. The van der Waals surface area contributed by atoms with Crippen molar-refractivity contribution in [2.24, 2.45) is 17.6 Å². The lowest BCUT2D eigenvalue weighted by atomic mass is 9.77. The summed E-state index contributed by atoms with van der Waals surface area (Å²) in [6.07, 6.45) is 12.2. The van der Waals surface area contributed by atoms with Crippen LogP contribution in [-0.2, 0) is 0 Å². The lowest BCUT2D eigenvalue weighted by Gasteiger charge is -2.39. The summed E-state index contributed by atoms with van der Waals surface area (Å²) in [6.45, 7) is 6.42. The molecule has 0 aromatic heterocycles. The van der Waals surface area contributed by atoms with Crippen LogP contribution in [0.5, 0.6) is 0 Å². The van der Waals surface area contributed by atoms with E-state index in [1.807, 2.05) is 6.92 Å². The first-order valence-corrected chi connectivity index (χ1v) is 11.7. The van der Waals surface area contributed by atoms with Gasteiger partial charge in [0.05, 0.1) is 6.10 Å². The number of thioether (sulfide) groups is 1. The first-order chi connectivity index (χ1) is 10.6. The van der Waals surface area contributed by atoms with Crippen LogP contribution in [-0.4, -0.2) is 26.8 Å². The zero-order valence-electron chi connectivity index (χ0n) is 14.9. The molecule has 1 saturated carbocycles. The van der Waals surface area contributed by atoms with Gasteiger partial charge in [0.15, 0.2) is 0 Å². The Morgan fingerprint density at radius 3 is 2.27 bits per heavy atom. The van der Waals surface area contributed by atoms with Crippen LogP contribution in [0.25, 0.3) is 0 Å². The van der Waals surface area contributed by atoms with Gasteiger partial charge in [0, 0.05) is 9.80 Å². The summed E-state index contributed by atoms with van der Waals surface area (Å²) in [5.74, 6) is 2.90. The minimum Gasteiger partial charge on any atom is -0.393 e. The zero-order chi connectivity index (χ0) is 16.8. The molecule has 0 radical (unpaired) electrons. The maximum atomic E-state index is 9.56. The molecule has 0 spiro atoms. The number of unbranched alkanes of at least 4 members (excludes halogenated alkanes) is 3. The first-order valence-electron chi connectivity index (χ1n) is 9.16. The topological polar surface area (TPSA) is 46.2 Å². The molecule has 0 amide bonds. The average molecular weight is 443 g/mol. The predicted molar refractivity (Wildman–Crippen MR) is 111 cm³/mol. The van der Waals surface area contributed by atoms with Gasteiger partial charge in [-0.1, -0.05) is 62.1 Å². The average Bonchev–Trinajstić information content (AvgIpc) is 2.53. The summed E-state index contributed by atoms with van der Waals surface area (Å²) in [4.78, 5) is 0. The summed E-state index contributed by atoms with van der Waals surface area (Å²) in [7, 11) is 0. The van der Waals surface area contributed by atoms with Crippen LogP contribution in [0.15, 0.2) is 0 Å². The highest BCUT2D eigenvalue weighted by Crippen LogP contribution is 2.43. The Labute approximate surface area is 156 Å². The molecule has 2 rings (SSSR count). The van der Waals surface area contributed by atoms with E-state index >= 15 is 0 Å². The van der Waals surface area contributed by atoms with Gasteiger partial charge in [0.25, 0.3) is 0 Å². The Bertz CT molecular complexity index is 237. The van der Waals surface area contributed by atoms with Crippen molar-refractivity contribution < 1.29 is 5.11 Å². The third-order valence-electron chi connectivity index (χ3n) is 4.64. The second-order valence-electron chi connectivity index (χ2n) is 6.49. The first kappa shape index (κ1) is 23.0. The molecule has 2 aliphatic rings. The van der Waals surface area contributed by atoms with Crippen LogP contribution in [0.2, 0.25) is 0 Å². The number of nitrogens with two attached hydrogens (primary N) is 1. The highest BCUT2D eigenvalue weighted by Gasteiger charge is 2.34. The third kappa shape index (κ3) is 10.7. The maximum Gasteiger partial charge on any atom is 0.0540 e. The van der Waals surface area contributed by atoms with Gasteiger partial charge in [0.1, 0.15) is 0 Å². The third-order valence-corrected chi connectivity index (χ3v) is 6.22. The number of alkyl halides is 1. The van der Waals surface area contributed by atoms with Gasteiger partial charge in [-0.25, -0.2) is 0 Å². The molecule has 1 saturated heterocycles. The van der Waals surface area contributed by atoms with E-state index in [2.05, 4.69) is 48.2 Å². The number of halogens is 1. The largest absolute Gasteiger partial charge is 0.393 e. The van der Waals surface area contributed by atoms with Crippen LogP contribution in [0.1, 0.15) is 78.6 Å². The molecule has 22 heavy (non-hydrogen) atoms. The second-order valence-corrected chi connectivity index (χ2v) is 8.71. The van der Waals surface area contributed by atoms with E-state index in [1.165, 1.54) is 63.5 Å². The molecular weight excluding hydrogens is 405 g/mol. The van der Waals surface area contributed by atoms with E-state index in [-0.39, 0.29) is 6.10 Å². The normalized spacial score (nSPS) is 28.4. The van der Waals surface area contributed by atoms with Crippen molar-refractivity contribution in [2.45, 2.75) is 89.9 Å². The molecule has 4 unspecified atom stereocenters. The van der Waals surface area contributed by atoms with E-state index in [1.54, 1.807) is 0 Å². The lowest BCUT2D eigenvalue weighted by Crippen LogP contribution is -2.33. The number of aliphatic hydroxyl groups excluding tert-OH is 1. The van der Waals surface area contributed by atoms with Crippen LogP contribution in [0.4, 0.5) is 0 Å². The maximum absolute atomic E-state index is 9.56. The Morgan fingerprint density at radius 1 is 1.18 bits per heavy atom. The van der Waals surface area contributed by atoms with Crippen molar-refractivity contribution in [1.29, 1.82) is 0 Å². The predicted octanol–water partition coefficient (Wildman–Crippen LogP) is 5.60. The molecule has 0 aromatic carbocycles. The molecule has 134 valence electrons. The van der Waals surface area contributed by atoms with Gasteiger partial charge in [-0.05, 0) is 56.6 Å². The lowest BCUT2D eigenvalue weighted by molar-refractivity contribution is 0.0828. The number of aliphatic hydroxyl groups is 1. The zero-order valence-corrected chi connectivity index (χ0v) is 17.9. The molecule has 1 aliphatic carbocycles. The van der Waals surface area contributed by atoms with E-state index < -0.39 is 0 Å². The van der Waals surface area contributed by atoms with Crippen molar-refractivity contribution >= 4 is 34.4 Å². The smallest absolute Gasteiger partial charge is 0.0540 e. The summed E-state index contributed by atoms with van der Waals surface area (Å²) < 4.78 is 0.720. The molecule has 1 aliphatic heterocycles. The van der Waals surface area contributed by atoms with Gasteiger partial charge in [-0.2, -0.15) is 11.8 Å². The molecule has 1 heterocycles. The van der Waals surface area contributed by atoms with Gasteiger partial charge < -0.3 is 10.8 Å². The fraction of sp³-hybridized carbons (Fsp3) is 1.00. The van der Waals surface area contributed by atoms with Gasteiger partial charge in [-0.15, -0.1) is 0 Å². The number of fused-ring (bicyclic) bond motifs is 1. The van der Waals surface area contributed by atoms with E-state index in [0.29, 0.717) is 5.92 Å². The highest BCUT2D eigenvalue weighted by molar-refractivity contribution is 14.1. The van der Waals surface area contributed by atoms with Crippen LogP contribution >= 0.6 is 34.4 Å². The molecule has 3 N–H and O–H groups in total. The Morgan fingerprint density at radius 2 is 1.77 bits per heavy atom. The minimum absolute atomic E-state index is 0.0760. The molecular formula is C18H38INOS. The molecule has 2 nitrogen and oxygen atoms in total. The molecule has 0 bridgehead atoms. The fourth-order valence-corrected chi connectivity index (χ4v) is 4.77. The van der Waals surface area contributed by atoms with E-state index in [9.17, 15) is 5.11 Å². The molecule has 0 aromatic rings. The summed E-state index contributed by atoms with van der Waals surface area (Å²) in [6, 6.07) is 0. The van der Waals surface area contributed by atoms with Crippen molar-refractivity contribution in [3.8, 4) is 0 Å². The van der Waals surface area contributed by atoms with Gasteiger partial charge >= 0.3 is 0 Å². The SMILES string of the molecule is CC(O)C1CCC2SCCCC2C1.CCCCCC.NCI. The Balaban J connectivity index is 0.000000414. The summed E-state index contributed by atoms with van der Waals surface area (Å²) >= 11 is 4.25. The number of rotatable bonds is 4. The molecule has 4 heteroatoms. The van der Waals surface area contributed by atoms with Crippen molar-refractivity contribution in [3.63, 3.8) is 0 Å². The standard InChI is InChI=1S/C11H20OS.C6H14.CH4IN/c1-8(12)9-4-5-11-10(7-9)3-2-6-13-11;1-3-5-6-4-2;2-1-3/h8-12H,2-7H2,1H3;3-6H2,1-2H3;1,3H2. The van der Waals surface area contributed by atoms with Crippen LogP contribution in [0.3, 0.4) is 0 Å². The van der Waals surface area contributed by atoms with E-state index in [0.717, 1.165) is 15.7 Å². The fourth-order valence-electron chi connectivity index (χ4n) is 3.31. The van der Waals surface area contributed by atoms with Crippen molar-refractivity contribution in [3.05, 3.63) is 0 Å². The molecule has 2 fully saturated rings. The van der Waals surface area contributed by atoms with Gasteiger partial charge in [0.2, 0.25) is 0 Å². The summed E-state index contributed by atoms with van der Waals surface area (Å²) in [5.41, 5.74) is 4.83. The van der Waals surface area contributed by atoms with Gasteiger partial charge in [-0.3, -0.25) is 0 Å². The van der Waals surface area contributed by atoms with E-state index in [4.69, 9.17) is 5.73 Å². The monoisotopic (exact) mass is 443 g/mol. The van der Waals surface area contributed by atoms with Crippen molar-refractivity contribution in [2.75, 3.05) is 10.3 Å². The highest BCUT2D eigenvalue weighted by atomic mass is 127. The van der Waals surface area contributed by atoms with Crippen LogP contribution < -0.4 is 5.73 Å². The summed E-state index contributed by atoms with van der Waals surface area (Å²) in [5, 5.41) is 10.5. The Hall–Kier alpha value is 1.00. The molecule has 4 atom stereocenters. The second kappa shape index (κ2) is 15.5. The van der Waals surface area contributed by atoms with Crippen molar-refractivity contribution in [1.82, 2.24) is 0 Å². The van der Waals surface area contributed by atoms with Crippen LogP contribution in [0, 0.1) is 11.8 Å². The number of hydrogen-bond acceptors (Lipinski definition) is 3. The minimum atomic E-state index is -0.0760.